The maximum Gasteiger partial charge on any atom is 0.255 e. The highest BCUT2D eigenvalue weighted by Gasteiger charge is 2.18. The Hall–Kier alpha value is -3.39. The maximum absolute atomic E-state index is 12.7. The number of ether oxygens (including phenoxy) is 1. The molecule has 1 aromatic heterocycles. The van der Waals surface area contributed by atoms with Crippen molar-refractivity contribution >= 4 is 17.3 Å². The first-order valence-corrected chi connectivity index (χ1v) is 9.52. The molecule has 0 radical (unpaired) electrons. The average Bonchev–Trinajstić information content (AvgIpc) is 3.29. The van der Waals surface area contributed by atoms with Crippen molar-refractivity contribution < 1.29 is 9.53 Å². The lowest BCUT2D eigenvalue weighted by molar-refractivity contribution is 0.102. The van der Waals surface area contributed by atoms with Gasteiger partial charge in [-0.15, -0.1) is 0 Å². The van der Waals surface area contributed by atoms with Gasteiger partial charge in [0.2, 0.25) is 0 Å². The fourth-order valence-corrected chi connectivity index (χ4v) is 3.37. The zero-order chi connectivity index (χ0) is 20.2. The molecule has 2 aromatic carbocycles. The molecule has 0 atom stereocenters. The Morgan fingerprint density at radius 2 is 1.83 bits per heavy atom. The Morgan fingerprint density at radius 1 is 1.07 bits per heavy atom. The van der Waals surface area contributed by atoms with Crippen LogP contribution in [0, 0.1) is 0 Å². The van der Waals surface area contributed by atoms with Crippen LogP contribution in [0.5, 0.6) is 5.75 Å². The third-order valence-electron chi connectivity index (χ3n) is 5.09. The average molecular weight is 392 g/mol. The Balaban J connectivity index is 1.50. The van der Waals surface area contributed by atoms with E-state index < -0.39 is 0 Å². The number of piperazine rings is 1. The number of methoxy groups -OCH3 is 1. The smallest absolute Gasteiger partial charge is 0.255 e. The van der Waals surface area contributed by atoms with Gasteiger partial charge in [0.05, 0.1) is 18.5 Å². The van der Waals surface area contributed by atoms with Crippen LogP contribution in [-0.2, 0) is 0 Å². The fourth-order valence-electron chi connectivity index (χ4n) is 3.37. The summed E-state index contributed by atoms with van der Waals surface area (Å²) in [5.41, 5.74) is 3.16. The van der Waals surface area contributed by atoms with E-state index in [0.717, 1.165) is 49.0 Å². The van der Waals surface area contributed by atoms with Gasteiger partial charge in [-0.1, -0.05) is 0 Å². The molecule has 0 saturated carbocycles. The summed E-state index contributed by atoms with van der Waals surface area (Å²) in [5, 5.41) is 7.07. The third kappa shape index (κ3) is 4.22. The van der Waals surface area contributed by atoms with Gasteiger partial charge < -0.3 is 19.9 Å². The van der Waals surface area contributed by atoms with Crippen molar-refractivity contribution in [2.75, 3.05) is 50.6 Å². The minimum atomic E-state index is -0.162. The van der Waals surface area contributed by atoms with Crippen molar-refractivity contribution in [3.05, 3.63) is 60.7 Å². The van der Waals surface area contributed by atoms with Crippen molar-refractivity contribution in [2.24, 2.45) is 0 Å². The highest BCUT2D eigenvalue weighted by molar-refractivity contribution is 6.04. The molecule has 1 aliphatic heterocycles. The highest BCUT2D eigenvalue weighted by Crippen LogP contribution is 2.32. The summed E-state index contributed by atoms with van der Waals surface area (Å²) in [6, 6.07) is 13.0. The third-order valence-corrected chi connectivity index (χ3v) is 5.09. The molecule has 0 spiro atoms. The predicted molar refractivity (Wildman–Crippen MR) is 112 cm³/mol. The molecule has 1 aliphatic rings. The SMILES string of the molecule is COc1ccc(NC(=O)c2ccc(-n3cncn3)cc2)cc1N1CCN(C)CC1. The molecule has 0 bridgehead atoms. The summed E-state index contributed by atoms with van der Waals surface area (Å²) in [4.78, 5) is 21.2. The second kappa shape index (κ2) is 8.32. The molecule has 1 fully saturated rings. The van der Waals surface area contributed by atoms with Crippen LogP contribution in [0.15, 0.2) is 55.1 Å². The number of anilines is 2. The van der Waals surface area contributed by atoms with E-state index in [2.05, 4.69) is 32.2 Å². The summed E-state index contributed by atoms with van der Waals surface area (Å²) in [7, 11) is 3.79. The lowest BCUT2D eigenvalue weighted by Gasteiger charge is -2.34. The summed E-state index contributed by atoms with van der Waals surface area (Å²) in [6.07, 6.45) is 3.09. The van der Waals surface area contributed by atoms with E-state index in [-0.39, 0.29) is 5.91 Å². The number of likely N-dealkylation sites (N-methyl/N-ethyl adjacent to an activating group) is 1. The minimum absolute atomic E-state index is 0.162. The molecule has 0 unspecified atom stereocenters. The van der Waals surface area contributed by atoms with Crippen LogP contribution in [0.25, 0.3) is 5.69 Å². The second-order valence-electron chi connectivity index (χ2n) is 7.02. The molecule has 1 saturated heterocycles. The maximum atomic E-state index is 12.7. The van der Waals surface area contributed by atoms with Crippen molar-refractivity contribution in [3.8, 4) is 11.4 Å². The zero-order valence-electron chi connectivity index (χ0n) is 16.6. The molecule has 1 amide bonds. The van der Waals surface area contributed by atoms with E-state index in [1.165, 1.54) is 6.33 Å². The fraction of sp³-hybridized carbons (Fsp3) is 0.286. The molecule has 8 nitrogen and oxygen atoms in total. The molecular formula is C21H24N6O2. The molecule has 0 aliphatic carbocycles. The van der Waals surface area contributed by atoms with E-state index in [0.29, 0.717) is 5.56 Å². The van der Waals surface area contributed by atoms with Crippen molar-refractivity contribution in [3.63, 3.8) is 0 Å². The number of carbonyl (C=O) groups is 1. The van der Waals surface area contributed by atoms with E-state index in [1.807, 2.05) is 30.3 Å². The first-order valence-electron chi connectivity index (χ1n) is 9.52. The molecule has 1 N–H and O–H groups in total. The summed E-state index contributed by atoms with van der Waals surface area (Å²) in [5.74, 6) is 0.648. The van der Waals surface area contributed by atoms with Gasteiger partial charge in [-0.3, -0.25) is 4.79 Å². The van der Waals surface area contributed by atoms with Gasteiger partial charge >= 0.3 is 0 Å². The number of nitrogens with zero attached hydrogens (tertiary/aromatic N) is 5. The number of amides is 1. The number of aromatic nitrogens is 3. The lowest BCUT2D eigenvalue weighted by Crippen LogP contribution is -2.44. The lowest BCUT2D eigenvalue weighted by atomic mass is 10.1. The van der Waals surface area contributed by atoms with Crippen LogP contribution in [0.1, 0.15) is 10.4 Å². The molecule has 150 valence electrons. The van der Waals surface area contributed by atoms with Gasteiger partial charge in [-0.25, -0.2) is 9.67 Å². The van der Waals surface area contributed by atoms with Crippen molar-refractivity contribution in [1.29, 1.82) is 0 Å². The summed E-state index contributed by atoms with van der Waals surface area (Å²) in [6.45, 7) is 3.84. The molecule has 29 heavy (non-hydrogen) atoms. The normalized spacial score (nSPS) is 14.6. The van der Waals surface area contributed by atoms with Crippen molar-refractivity contribution in [2.45, 2.75) is 0 Å². The van der Waals surface area contributed by atoms with Crippen molar-refractivity contribution in [1.82, 2.24) is 19.7 Å². The van der Waals surface area contributed by atoms with E-state index in [1.54, 1.807) is 30.3 Å². The number of hydrogen-bond donors (Lipinski definition) is 1. The van der Waals surface area contributed by atoms with Gasteiger partial charge in [0.15, 0.2) is 0 Å². The number of nitrogens with one attached hydrogen (secondary N) is 1. The molecule has 4 rings (SSSR count). The quantitative estimate of drug-likeness (QED) is 0.718. The van der Waals surface area contributed by atoms with Gasteiger partial charge in [-0.2, -0.15) is 5.10 Å². The van der Waals surface area contributed by atoms with Gasteiger partial charge in [-0.05, 0) is 49.5 Å². The Morgan fingerprint density at radius 3 is 2.48 bits per heavy atom. The van der Waals surface area contributed by atoms with E-state index in [9.17, 15) is 4.79 Å². The van der Waals surface area contributed by atoms with Crippen LogP contribution in [-0.4, -0.2) is 65.9 Å². The molecule has 2 heterocycles. The summed E-state index contributed by atoms with van der Waals surface area (Å²) >= 11 is 0. The highest BCUT2D eigenvalue weighted by atomic mass is 16.5. The van der Waals surface area contributed by atoms with E-state index in [4.69, 9.17) is 4.74 Å². The minimum Gasteiger partial charge on any atom is -0.495 e. The zero-order valence-corrected chi connectivity index (χ0v) is 16.6. The second-order valence-corrected chi connectivity index (χ2v) is 7.02. The van der Waals surface area contributed by atoms with Gasteiger partial charge in [0.25, 0.3) is 5.91 Å². The summed E-state index contributed by atoms with van der Waals surface area (Å²) < 4.78 is 7.18. The topological polar surface area (TPSA) is 75.5 Å². The standard InChI is InChI=1S/C21H24N6O2/c1-25-9-11-26(12-10-25)19-13-17(5-8-20(19)29-2)24-21(28)16-3-6-18(7-4-16)27-15-22-14-23-27/h3-8,13-15H,9-12H2,1-2H3,(H,24,28). The first-order chi connectivity index (χ1) is 14.1. The molecule has 8 heteroatoms. The van der Waals surface area contributed by atoms with Crippen LogP contribution in [0.3, 0.4) is 0 Å². The Kier molecular flexibility index (Phi) is 5.44. The molecule has 3 aromatic rings. The van der Waals surface area contributed by atoms with E-state index >= 15 is 0 Å². The number of rotatable bonds is 5. The van der Waals surface area contributed by atoms with Gasteiger partial charge in [0, 0.05) is 37.4 Å². The van der Waals surface area contributed by atoms with Crippen LogP contribution >= 0.6 is 0 Å². The largest absolute Gasteiger partial charge is 0.495 e. The Labute approximate surface area is 169 Å². The first kappa shape index (κ1) is 18.9. The number of carbonyl (C=O) groups excluding carboxylic acids is 1. The van der Waals surface area contributed by atoms with Crippen LogP contribution in [0.2, 0.25) is 0 Å². The molecular weight excluding hydrogens is 368 g/mol. The van der Waals surface area contributed by atoms with Crippen LogP contribution < -0.4 is 15.0 Å². The Bertz CT molecular complexity index is 963. The van der Waals surface area contributed by atoms with Gasteiger partial charge in [0.1, 0.15) is 18.4 Å². The number of hydrogen-bond acceptors (Lipinski definition) is 6. The predicted octanol–water partition coefficient (Wildman–Crippen LogP) is 2.28. The number of benzene rings is 2. The monoisotopic (exact) mass is 392 g/mol. The van der Waals surface area contributed by atoms with Crippen LogP contribution in [0.4, 0.5) is 11.4 Å².